The summed E-state index contributed by atoms with van der Waals surface area (Å²) in [5.74, 6) is -1.19. The number of hydrogen-bond donors (Lipinski definition) is 1. The highest BCUT2D eigenvalue weighted by Gasteiger charge is 2.56. The summed E-state index contributed by atoms with van der Waals surface area (Å²) in [7, 11) is 0. The number of rotatable bonds is 6. The van der Waals surface area contributed by atoms with E-state index < -0.39 is 23.2 Å². The lowest BCUT2D eigenvalue weighted by molar-refractivity contribution is -0.148. The van der Waals surface area contributed by atoms with E-state index in [-0.39, 0.29) is 23.9 Å². The number of amides is 1. The number of amidine groups is 1. The molecular weight excluding hydrogens is 543 g/mol. The lowest BCUT2D eigenvalue weighted by atomic mass is 9.91. The zero-order chi connectivity index (χ0) is 27.4. The van der Waals surface area contributed by atoms with Crippen molar-refractivity contribution in [3.63, 3.8) is 0 Å². The van der Waals surface area contributed by atoms with Crippen molar-refractivity contribution < 1.29 is 14.7 Å². The Hall–Kier alpha value is -2.42. The molecule has 1 N–H and O–H groups in total. The van der Waals surface area contributed by atoms with Crippen LogP contribution in [0.25, 0.3) is 0 Å². The van der Waals surface area contributed by atoms with Crippen molar-refractivity contribution in [2.75, 3.05) is 0 Å². The van der Waals surface area contributed by atoms with Crippen LogP contribution in [0.3, 0.4) is 0 Å². The van der Waals surface area contributed by atoms with Gasteiger partial charge in [0.1, 0.15) is 22.5 Å². The molecule has 1 amide bonds. The third-order valence-corrected chi connectivity index (χ3v) is 9.49. The Kier molecular flexibility index (Phi) is 7.35. The highest BCUT2D eigenvalue weighted by molar-refractivity contribution is 8.18. The molecule has 0 radical (unpaired) electrons. The lowest BCUT2D eigenvalue weighted by Gasteiger charge is -2.45. The van der Waals surface area contributed by atoms with Gasteiger partial charge < -0.3 is 19.8 Å². The molecule has 0 saturated carbocycles. The molecule has 38 heavy (non-hydrogen) atoms. The predicted octanol–water partition coefficient (Wildman–Crippen LogP) is 6.19. The fourth-order valence-corrected chi connectivity index (χ4v) is 7.88. The van der Waals surface area contributed by atoms with E-state index in [1.807, 2.05) is 60.5 Å². The molecule has 5 rings (SSSR count). The Bertz CT molecular complexity index is 1260. The second-order valence-corrected chi connectivity index (χ2v) is 12.4. The largest absolute Gasteiger partial charge is 0.480 e. The van der Waals surface area contributed by atoms with Gasteiger partial charge in [-0.2, -0.15) is 0 Å². The third kappa shape index (κ3) is 4.34. The molecular formula is C28H32Cl2N4O3S. The first-order valence-electron chi connectivity index (χ1n) is 13.0. The summed E-state index contributed by atoms with van der Waals surface area (Å²) < 4.78 is 0. The second kappa shape index (κ2) is 10.3. The third-order valence-electron chi connectivity index (χ3n) is 7.83. The molecule has 4 aliphatic rings. The Labute approximate surface area is 237 Å². The van der Waals surface area contributed by atoms with E-state index >= 15 is 0 Å². The van der Waals surface area contributed by atoms with Crippen molar-refractivity contribution in [2.45, 2.75) is 76.2 Å². The molecule has 4 heterocycles. The zero-order valence-corrected chi connectivity index (χ0v) is 24.2. The van der Waals surface area contributed by atoms with Crippen LogP contribution in [0.4, 0.5) is 0 Å². The molecule has 1 aromatic carbocycles. The van der Waals surface area contributed by atoms with E-state index in [0.29, 0.717) is 34.4 Å². The van der Waals surface area contributed by atoms with Crippen molar-refractivity contribution in [1.82, 2.24) is 14.7 Å². The van der Waals surface area contributed by atoms with E-state index in [1.54, 1.807) is 4.90 Å². The average Bonchev–Trinajstić information content (AvgIpc) is 3.54. The molecule has 1 fully saturated rings. The number of allylic oxidation sites excluding steroid dienone is 3. The molecule has 1 aromatic rings. The van der Waals surface area contributed by atoms with Crippen LogP contribution in [-0.4, -0.2) is 60.1 Å². The summed E-state index contributed by atoms with van der Waals surface area (Å²) >= 11 is 14.4. The van der Waals surface area contributed by atoms with Crippen molar-refractivity contribution >= 4 is 52.0 Å². The van der Waals surface area contributed by atoms with Gasteiger partial charge in [-0.15, -0.1) is 0 Å². The first-order valence-corrected chi connectivity index (χ1v) is 14.6. The SMILES string of the molecule is CC[C@@H]1CC[C@@H](C(=O)O)N1C(=O)C1=C(C(C)C)N2C(=N[C@@](C)(N3C=CC=CC3Cl)[C@H]2c2ccc(Cl)cc2)S1. The zero-order valence-electron chi connectivity index (χ0n) is 21.8. The van der Waals surface area contributed by atoms with Crippen LogP contribution >= 0.6 is 35.0 Å². The molecule has 4 aliphatic heterocycles. The number of aliphatic imine (C=N–C) groups is 1. The van der Waals surface area contributed by atoms with Gasteiger partial charge in [-0.05, 0) is 73.7 Å². The number of halogens is 2. The minimum atomic E-state index is -0.952. The molecule has 0 aliphatic carbocycles. The highest BCUT2D eigenvalue weighted by Crippen LogP contribution is 2.55. The van der Waals surface area contributed by atoms with Crippen LogP contribution in [0.1, 0.15) is 58.6 Å². The van der Waals surface area contributed by atoms with Gasteiger partial charge in [-0.3, -0.25) is 4.79 Å². The summed E-state index contributed by atoms with van der Waals surface area (Å²) in [6, 6.07) is 6.51. The first-order chi connectivity index (χ1) is 18.1. The maximum Gasteiger partial charge on any atom is 0.326 e. The van der Waals surface area contributed by atoms with Crippen molar-refractivity contribution in [1.29, 1.82) is 0 Å². The normalized spacial score (nSPS) is 30.5. The van der Waals surface area contributed by atoms with Gasteiger partial charge in [0.05, 0.1) is 0 Å². The number of fused-ring (bicyclic) bond motifs is 1. The van der Waals surface area contributed by atoms with Crippen LogP contribution in [0.5, 0.6) is 0 Å². The number of carbonyl (C=O) groups excluding carboxylic acids is 1. The number of hydrogen-bond acceptors (Lipinski definition) is 6. The van der Waals surface area contributed by atoms with Crippen molar-refractivity contribution in [3.8, 4) is 0 Å². The van der Waals surface area contributed by atoms with E-state index in [0.717, 1.165) is 11.3 Å². The summed E-state index contributed by atoms with van der Waals surface area (Å²) in [4.78, 5) is 37.8. The number of carbonyl (C=O) groups is 2. The minimum absolute atomic E-state index is 0.0131. The summed E-state index contributed by atoms with van der Waals surface area (Å²) in [5, 5.41) is 11.2. The number of nitrogens with zero attached hydrogens (tertiary/aromatic N) is 4. The number of carboxylic acids is 1. The molecule has 0 aromatic heterocycles. The number of aliphatic carboxylic acids is 1. The molecule has 1 saturated heterocycles. The van der Waals surface area contributed by atoms with Gasteiger partial charge in [-0.25, -0.2) is 9.79 Å². The Balaban J connectivity index is 1.62. The Morgan fingerprint density at radius 1 is 1.21 bits per heavy atom. The maximum atomic E-state index is 14.1. The lowest BCUT2D eigenvalue weighted by Crippen LogP contribution is -2.51. The highest BCUT2D eigenvalue weighted by atomic mass is 35.5. The Morgan fingerprint density at radius 3 is 2.53 bits per heavy atom. The first kappa shape index (κ1) is 27.2. The number of alkyl halides is 1. The molecule has 7 nitrogen and oxygen atoms in total. The fourth-order valence-electron chi connectivity index (χ4n) is 6.06. The average molecular weight is 576 g/mol. The molecule has 0 spiro atoms. The van der Waals surface area contributed by atoms with Gasteiger partial charge in [0.15, 0.2) is 10.8 Å². The number of thioether (sulfide) groups is 1. The molecule has 10 heteroatoms. The molecule has 202 valence electrons. The van der Waals surface area contributed by atoms with Gasteiger partial charge >= 0.3 is 5.97 Å². The van der Waals surface area contributed by atoms with Gasteiger partial charge in [-0.1, -0.05) is 62.2 Å². The maximum absolute atomic E-state index is 14.1. The number of likely N-dealkylation sites (tertiary alicyclic amines) is 1. The van der Waals surface area contributed by atoms with Gasteiger partial charge in [0.2, 0.25) is 0 Å². The number of benzene rings is 1. The van der Waals surface area contributed by atoms with Crippen LogP contribution in [0.15, 0.2) is 64.3 Å². The smallest absolute Gasteiger partial charge is 0.326 e. The molecule has 5 atom stereocenters. The summed E-state index contributed by atoms with van der Waals surface area (Å²) in [6.07, 6.45) is 9.61. The van der Waals surface area contributed by atoms with Gasteiger partial charge in [0.25, 0.3) is 5.91 Å². The van der Waals surface area contributed by atoms with E-state index in [2.05, 4.69) is 25.7 Å². The topological polar surface area (TPSA) is 76.5 Å². The quantitative estimate of drug-likeness (QED) is 0.322. The van der Waals surface area contributed by atoms with E-state index in [1.165, 1.54) is 11.8 Å². The monoisotopic (exact) mass is 574 g/mol. The van der Waals surface area contributed by atoms with Gasteiger partial charge in [0, 0.05) is 23.0 Å². The second-order valence-electron chi connectivity index (χ2n) is 10.5. The molecule has 0 bridgehead atoms. The van der Waals surface area contributed by atoms with E-state index in [9.17, 15) is 14.7 Å². The molecule has 1 unspecified atom stereocenters. The standard InChI is InChI=1S/C28H32Cl2N4O3S/c1-5-19-13-14-20(26(36)37)33(19)25(35)23-22(16(2)3)34-24(17-9-11-18(29)12-10-17)28(4,31-27(34)38-23)32-15-7-6-8-21(32)30/h6-12,15-16,19-21,24H,5,13-14H2,1-4H3,(H,36,37)/t19-,20+,21?,24-,28+/m1/s1. The van der Waals surface area contributed by atoms with Crippen LogP contribution in [0, 0.1) is 5.92 Å². The Morgan fingerprint density at radius 2 is 1.92 bits per heavy atom. The fraction of sp³-hybridized carbons (Fsp3) is 0.464. The van der Waals surface area contributed by atoms with Crippen LogP contribution in [0.2, 0.25) is 5.02 Å². The van der Waals surface area contributed by atoms with Crippen molar-refractivity contribution in [2.24, 2.45) is 10.9 Å². The van der Waals surface area contributed by atoms with Crippen molar-refractivity contribution in [3.05, 3.63) is 69.9 Å². The predicted molar refractivity (Wildman–Crippen MR) is 153 cm³/mol. The number of carboxylic acid groups (broad SMARTS) is 1. The van der Waals surface area contributed by atoms with Crippen LogP contribution < -0.4 is 0 Å². The minimum Gasteiger partial charge on any atom is -0.480 e. The van der Waals surface area contributed by atoms with E-state index in [4.69, 9.17) is 28.2 Å². The summed E-state index contributed by atoms with van der Waals surface area (Å²) in [6.45, 7) is 8.18. The summed E-state index contributed by atoms with van der Waals surface area (Å²) in [5.41, 5.74) is 0.678. The van der Waals surface area contributed by atoms with Crippen LogP contribution in [-0.2, 0) is 9.59 Å².